The summed E-state index contributed by atoms with van der Waals surface area (Å²) in [6.45, 7) is 0. The Bertz CT molecular complexity index is 1370. The van der Waals surface area contributed by atoms with Crippen LogP contribution < -0.4 is 14.2 Å². The number of carbonyl (C=O) groups is 2. The highest BCUT2D eigenvalue weighted by Crippen LogP contribution is 2.56. The molecule has 0 amide bonds. The second kappa shape index (κ2) is 6.97. The summed E-state index contributed by atoms with van der Waals surface area (Å²) in [5, 5.41) is 0. The molecule has 0 saturated heterocycles. The van der Waals surface area contributed by atoms with E-state index in [0.29, 0.717) is 45.9 Å². The first-order valence-electron chi connectivity index (χ1n) is 10.7. The Labute approximate surface area is 190 Å². The molecular formula is C27H20O6. The number of Topliss-reactive ketones (excluding diaryl/α,β-unsaturated/α-hetero) is 2. The van der Waals surface area contributed by atoms with Crippen molar-refractivity contribution in [1.29, 1.82) is 0 Å². The first kappa shape index (κ1) is 19.6. The normalized spacial score (nSPS) is 22.4. The van der Waals surface area contributed by atoms with E-state index in [1.165, 1.54) is 0 Å². The minimum Gasteiger partial charge on any atom is -0.493 e. The van der Waals surface area contributed by atoms with E-state index in [9.17, 15) is 9.59 Å². The van der Waals surface area contributed by atoms with Crippen LogP contribution in [0.3, 0.4) is 0 Å². The van der Waals surface area contributed by atoms with Crippen molar-refractivity contribution in [3.8, 4) is 17.2 Å². The van der Waals surface area contributed by atoms with Gasteiger partial charge in [0.2, 0.25) is 5.78 Å². The number of benzene rings is 3. The van der Waals surface area contributed by atoms with Gasteiger partial charge in [-0.1, -0.05) is 42.5 Å². The molecule has 0 fully saturated rings. The maximum absolute atomic E-state index is 13.6. The molecule has 0 saturated carbocycles. The van der Waals surface area contributed by atoms with Gasteiger partial charge >= 0.3 is 0 Å². The maximum atomic E-state index is 13.6. The van der Waals surface area contributed by atoms with Crippen LogP contribution in [0.5, 0.6) is 17.2 Å². The van der Waals surface area contributed by atoms with Gasteiger partial charge in [-0.25, -0.2) is 0 Å². The number of hydrogen-bond acceptors (Lipinski definition) is 6. The number of ether oxygens (including phenoxy) is 4. The summed E-state index contributed by atoms with van der Waals surface area (Å²) in [7, 11) is 3.12. The molecule has 6 nitrogen and oxygen atoms in total. The van der Waals surface area contributed by atoms with Gasteiger partial charge in [0.05, 0.1) is 19.8 Å². The average molecular weight is 440 g/mol. The molecule has 0 spiro atoms. The fourth-order valence-electron chi connectivity index (χ4n) is 5.04. The monoisotopic (exact) mass is 440 g/mol. The molecule has 0 unspecified atom stereocenters. The Morgan fingerprint density at radius 1 is 0.818 bits per heavy atom. The van der Waals surface area contributed by atoms with Crippen molar-refractivity contribution in [2.75, 3.05) is 14.2 Å². The lowest BCUT2D eigenvalue weighted by molar-refractivity contribution is -0.185. The summed E-state index contributed by atoms with van der Waals surface area (Å²) in [6, 6.07) is 19.8. The topological polar surface area (TPSA) is 71.1 Å². The van der Waals surface area contributed by atoms with Gasteiger partial charge in [0, 0.05) is 34.6 Å². The van der Waals surface area contributed by atoms with Crippen LogP contribution in [0.15, 0.2) is 78.1 Å². The molecule has 0 N–H and O–H groups in total. The predicted molar refractivity (Wildman–Crippen MR) is 119 cm³/mol. The number of hydrogen-bond donors (Lipinski definition) is 0. The van der Waals surface area contributed by atoms with Crippen molar-refractivity contribution < 1.29 is 28.5 Å². The molecule has 3 aromatic rings. The van der Waals surface area contributed by atoms with Crippen molar-refractivity contribution in [3.63, 3.8) is 0 Å². The Morgan fingerprint density at radius 2 is 1.52 bits per heavy atom. The Kier molecular flexibility index (Phi) is 4.14. The van der Waals surface area contributed by atoms with Gasteiger partial charge in [-0.15, -0.1) is 0 Å². The minimum absolute atomic E-state index is 0.0548. The van der Waals surface area contributed by atoms with E-state index in [1.54, 1.807) is 50.6 Å². The Morgan fingerprint density at radius 3 is 2.27 bits per heavy atom. The number of methoxy groups -OCH3 is 2. The zero-order valence-electron chi connectivity index (χ0n) is 18.1. The third-order valence-electron chi connectivity index (χ3n) is 6.59. The van der Waals surface area contributed by atoms with Crippen LogP contribution >= 0.6 is 0 Å². The second-order valence-electron chi connectivity index (χ2n) is 8.27. The number of rotatable bonds is 3. The van der Waals surface area contributed by atoms with Gasteiger partial charge in [0.15, 0.2) is 23.0 Å². The largest absolute Gasteiger partial charge is 0.493 e. The van der Waals surface area contributed by atoms with E-state index in [1.807, 2.05) is 30.3 Å². The molecule has 3 aromatic carbocycles. The molecule has 2 atom stereocenters. The van der Waals surface area contributed by atoms with E-state index >= 15 is 0 Å². The van der Waals surface area contributed by atoms with E-state index in [2.05, 4.69) is 0 Å². The fraction of sp³-hybridized carbons (Fsp3) is 0.185. The zero-order chi connectivity index (χ0) is 22.7. The van der Waals surface area contributed by atoms with Gasteiger partial charge in [-0.05, 0) is 24.3 Å². The standard InChI is InChI=1S/C27H20O6/c1-30-21-12-11-15(13-22(21)31-2)27-14-19(16-7-5-6-10-20(16)32-27)23-24(28)17-8-3-4-9-18(17)25(29)26(23)33-27/h3-13,19H,14H2,1-2H3/t19-,27-/m0/s1. The number of carbonyl (C=O) groups excluding carboxylic acids is 2. The predicted octanol–water partition coefficient (Wildman–Crippen LogP) is 4.79. The van der Waals surface area contributed by atoms with Gasteiger partial charge in [-0.2, -0.15) is 0 Å². The van der Waals surface area contributed by atoms with Gasteiger partial charge in [0.25, 0.3) is 5.79 Å². The van der Waals surface area contributed by atoms with Crippen molar-refractivity contribution >= 4 is 11.6 Å². The molecule has 1 aliphatic carbocycles. The van der Waals surface area contributed by atoms with E-state index < -0.39 is 5.79 Å². The van der Waals surface area contributed by atoms with Gasteiger partial charge in [-0.3, -0.25) is 9.59 Å². The molecule has 0 aromatic heterocycles. The Hall–Kier alpha value is -4.06. The Balaban J connectivity index is 1.59. The summed E-state index contributed by atoms with van der Waals surface area (Å²) < 4.78 is 23.7. The molecule has 33 heavy (non-hydrogen) atoms. The summed E-state index contributed by atoms with van der Waals surface area (Å²) in [5.74, 6) is -0.368. The molecule has 6 heteroatoms. The lowest BCUT2D eigenvalue weighted by Crippen LogP contribution is -2.47. The second-order valence-corrected chi connectivity index (χ2v) is 8.27. The fourth-order valence-corrected chi connectivity index (χ4v) is 5.04. The lowest BCUT2D eigenvalue weighted by atomic mass is 9.72. The number of para-hydroxylation sites is 1. The minimum atomic E-state index is -1.29. The summed E-state index contributed by atoms with van der Waals surface area (Å²) in [4.78, 5) is 27.1. The third-order valence-corrected chi connectivity index (χ3v) is 6.59. The quantitative estimate of drug-likeness (QED) is 0.583. The van der Waals surface area contributed by atoms with Crippen molar-refractivity contribution in [1.82, 2.24) is 0 Å². The van der Waals surface area contributed by atoms with Gasteiger partial charge in [0.1, 0.15) is 5.75 Å². The highest BCUT2D eigenvalue weighted by molar-refractivity contribution is 6.26. The summed E-state index contributed by atoms with van der Waals surface area (Å²) >= 11 is 0. The smallest absolute Gasteiger partial charge is 0.279 e. The maximum Gasteiger partial charge on any atom is 0.279 e. The van der Waals surface area contributed by atoms with Crippen LogP contribution in [0, 0.1) is 0 Å². The molecule has 6 rings (SSSR count). The van der Waals surface area contributed by atoms with E-state index in [-0.39, 0.29) is 23.2 Å². The van der Waals surface area contributed by atoms with Gasteiger partial charge < -0.3 is 18.9 Å². The number of ketones is 2. The molecular weight excluding hydrogens is 420 g/mol. The van der Waals surface area contributed by atoms with Crippen molar-refractivity contribution in [2.24, 2.45) is 0 Å². The lowest BCUT2D eigenvalue weighted by Gasteiger charge is -2.47. The summed E-state index contributed by atoms with van der Waals surface area (Å²) in [5.41, 5.74) is 2.69. The van der Waals surface area contributed by atoms with E-state index in [0.717, 1.165) is 5.56 Å². The first-order chi connectivity index (χ1) is 16.1. The van der Waals surface area contributed by atoms with E-state index in [4.69, 9.17) is 18.9 Å². The van der Waals surface area contributed by atoms with Crippen LogP contribution in [-0.2, 0) is 10.5 Å². The third kappa shape index (κ3) is 2.67. The highest BCUT2D eigenvalue weighted by atomic mass is 16.7. The van der Waals surface area contributed by atoms with Crippen LogP contribution in [-0.4, -0.2) is 25.8 Å². The van der Waals surface area contributed by atoms with Crippen LogP contribution in [0.1, 0.15) is 44.2 Å². The molecule has 2 aliphatic heterocycles. The number of fused-ring (bicyclic) bond motifs is 6. The van der Waals surface area contributed by atoms with Crippen molar-refractivity contribution in [2.45, 2.75) is 18.1 Å². The first-order valence-corrected chi connectivity index (χ1v) is 10.7. The average Bonchev–Trinajstić information content (AvgIpc) is 2.86. The SMILES string of the molecule is COc1ccc([C@]23C[C@H](C4=C(O2)C(=O)c2ccccc2C4=O)c2ccccc2O3)cc1OC. The number of allylic oxidation sites excluding steroid dienone is 2. The molecule has 0 radical (unpaired) electrons. The molecule has 2 heterocycles. The zero-order valence-corrected chi connectivity index (χ0v) is 18.1. The van der Waals surface area contributed by atoms with Crippen LogP contribution in [0.2, 0.25) is 0 Å². The highest BCUT2D eigenvalue weighted by Gasteiger charge is 2.55. The van der Waals surface area contributed by atoms with Crippen LogP contribution in [0.4, 0.5) is 0 Å². The molecule has 2 bridgehead atoms. The molecule has 164 valence electrons. The van der Waals surface area contributed by atoms with Crippen molar-refractivity contribution in [3.05, 3.63) is 100 Å². The van der Waals surface area contributed by atoms with Crippen LogP contribution in [0.25, 0.3) is 0 Å². The molecule has 3 aliphatic rings. The summed E-state index contributed by atoms with van der Waals surface area (Å²) in [6.07, 6.45) is 0.347.